The van der Waals surface area contributed by atoms with Crippen molar-refractivity contribution in [1.29, 1.82) is 0 Å². The average Bonchev–Trinajstić information content (AvgIpc) is 2.53. The third kappa shape index (κ3) is 3.74. The van der Waals surface area contributed by atoms with Crippen LogP contribution in [-0.4, -0.2) is 25.0 Å². The molecule has 0 aliphatic carbocycles. The maximum absolute atomic E-state index is 2.81. The molecular formula is C22H31GeN2P. The number of anilines is 1. The van der Waals surface area contributed by atoms with Crippen molar-refractivity contribution >= 4 is 35.1 Å². The Kier molecular flexibility index (Phi) is 5.87. The molecule has 0 bridgehead atoms. The number of benzene rings is 2. The zero-order chi connectivity index (χ0) is 19.1. The van der Waals surface area contributed by atoms with Crippen LogP contribution in [0.2, 0.25) is 0 Å². The third-order valence-corrected chi connectivity index (χ3v) is 13.0. The summed E-state index contributed by atoms with van der Waals surface area (Å²) in [7, 11) is -0.444. The number of para-hydroxylation sites is 1. The fraction of sp³-hybridized carbons (Fsp3) is 0.455. The molecule has 1 fully saturated rings. The first kappa shape index (κ1) is 19.9. The van der Waals surface area contributed by atoms with Crippen LogP contribution in [0.25, 0.3) is 0 Å². The van der Waals surface area contributed by atoms with Crippen LogP contribution in [-0.2, 0) is 0 Å². The molecule has 0 spiro atoms. The summed E-state index contributed by atoms with van der Waals surface area (Å²) in [6.07, 6.45) is 0. The molecule has 1 saturated heterocycles. The predicted molar refractivity (Wildman–Crippen MR) is 117 cm³/mol. The van der Waals surface area contributed by atoms with Crippen molar-refractivity contribution in [1.82, 2.24) is 3.63 Å². The first-order valence-electron chi connectivity index (χ1n) is 9.56. The molecule has 2 radical (unpaired) electrons. The Bertz CT molecular complexity index is 726. The molecule has 2 aromatic rings. The van der Waals surface area contributed by atoms with E-state index in [1.807, 2.05) is 0 Å². The number of hydrogen-bond donors (Lipinski definition) is 0. The average molecular weight is 427 g/mol. The summed E-state index contributed by atoms with van der Waals surface area (Å²) in [4.78, 5) is 0. The molecule has 2 aromatic carbocycles. The van der Waals surface area contributed by atoms with E-state index in [1.165, 1.54) is 22.1 Å². The van der Waals surface area contributed by atoms with Crippen molar-refractivity contribution in [2.45, 2.75) is 65.8 Å². The Morgan fingerprint density at radius 2 is 1.35 bits per heavy atom. The molecule has 26 heavy (non-hydrogen) atoms. The van der Waals surface area contributed by atoms with Crippen LogP contribution in [0, 0.1) is 0 Å². The fourth-order valence-electron chi connectivity index (χ4n) is 3.35. The molecule has 0 saturated carbocycles. The summed E-state index contributed by atoms with van der Waals surface area (Å²) in [5.41, 5.74) is 4.78. The van der Waals surface area contributed by atoms with Crippen LogP contribution >= 0.6 is 8.22 Å². The molecule has 0 amide bonds. The first-order valence-corrected chi connectivity index (χ1v) is 12.7. The van der Waals surface area contributed by atoms with Crippen LogP contribution in [0.1, 0.15) is 71.4 Å². The van der Waals surface area contributed by atoms with Crippen LogP contribution < -0.4 is 8.93 Å². The van der Waals surface area contributed by atoms with E-state index >= 15 is 0 Å². The third-order valence-electron chi connectivity index (χ3n) is 4.75. The van der Waals surface area contributed by atoms with Gasteiger partial charge in [0.2, 0.25) is 0 Å². The molecule has 138 valence electrons. The van der Waals surface area contributed by atoms with Gasteiger partial charge in [-0.25, -0.2) is 0 Å². The van der Waals surface area contributed by atoms with Gasteiger partial charge in [-0.05, 0) is 0 Å². The summed E-state index contributed by atoms with van der Waals surface area (Å²) in [6, 6.07) is 18.1. The Hall–Kier alpha value is -0.827. The molecule has 0 unspecified atom stereocenters. The van der Waals surface area contributed by atoms with Gasteiger partial charge in [-0.2, -0.15) is 0 Å². The molecular weight excluding hydrogens is 396 g/mol. The van der Waals surface area contributed by atoms with E-state index in [1.54, 1.807) is 0 Å². The van der Waals surface area contributed by atoms with Crippen molar-refractivity contribution in [3.8, 4) is 0 Å². The normalized spacial score (nSPS) is 18.5. The molecule has 0 aromatic heterocycles. The van der Waals surface area contributed by atoms with Gasteiger partial charge in [0, 0.05) is 0 Å². The molecule has 1 aliphatic heterocycles. The van der Waals surface area contributed by atoms with Gasteiger partial charge in [-0.1, -0.05) is 0 Å². The number of rotatable bonds is 4. The van der Waals surface area contributed by atoms with E-state index in [2.05, 4.69) is 104 Å². The SMILES string of the molecule is CC(C)c1cccc(C(C)C)c1[N]1[Ge][N](C(C)(C)C)[P@@]1c1ccccc1. The predicted octanol–water partition coefficient (Wildman–Crippen LogP) is 6.03. The monoisotopic (exact) mass is 428 g/mol. The zero-order valence-electron chi connectivity index (χ0n) is 17.1. The van der Waals surface area contributed by atoms with Gasteiger partial charge in [-0.3, -0.25) is 0 Å². The molecule has 3 rings (SSSR count). The van der Waals surface area contributed by atoms with Gasteiger partial charge in [0.05, 0.1) is 0 Å². The van der Waals surface area contributed by atoms with E-state index < -0.39 is 8.22 Å². The summed E-state index contributed by atoms with van der Waals surface area (Å²) >= 11 is -0.324. The van der Waals surface area contributed by atoms with Crippen LogP contribution in [0.15, 0.2) is 48.5 Å². The Morgan fingerprint density at radius 3 is 1.81 bits per heavy atom. The van der Waals surface area contributed by atoms with E-state index in [4.69, 9.17) is 0 Å². The van der Waals surface area contributed by atoms with Gasteiger partial charge in [0.1, 0.15) is 0 Å². The van der Waals surface area contributed by atoms with Crippen LogP contribution in [0.4, 0.5) is 5.69 Å². The van der Waals surface area contributed by atoms with Crippen molar-refractivity contribution < 1.29 is 0 Å². The molecule has 1 atom stereocenters. The second-order valence-electron chi connectivity index (χ2n) is 8.61. The summed E-state index contributed by atoms with van der Waals surface area (Å²) < 4.78 is 5.60. The Balaban J connectivity index is 2.12. The summed E-state index contributed by atoms with van der Waals surface area (Å²) in [5.74, 6) is 1.10. The van der Waals surface area contributed by atoms with Crippen molar-refractivity contribution in [2.24, 2.45) is 0 Å². The van der Waals surface area contributed by atoms with Gasteiger partial charge in [0.25, 0.3) is 0 Å². The van der Waals surface area contributed by atoms with Crippen LogP contribution in [0.3, 0.4) is 0 Å². The van der Waals surface area contributed by atoms with Gasteiger partial charge in [0.15, 0.2) is 0 Å². The van der Waals surface area contributed by atoms with Crippen molar-refractivity contribution in [2.75, 3.05) is 3.63 Å². The summed E-state index contributed by atoms with van der Waals surface area (Å²) in [5, 5.41) is 1.47. The molecule has 2 nitrogen and oxygen atoms in total. The molecule has 4 heteroatoms. The topological polar surface area (TPSA) is 6.48 Å². The second kappa shape index (κ2) is 7.66. The Labute approximate surface area is 167 Å². The van der Waals surface area contributed by atoms with E-state index in [-0.39, 0.29) is 21.4 Å². The quantitative estimate of drug-likeness (QED) is 0.435. The minimum atomic E-state index is -0.444. The van der Waals surface area contributed by atoms with E-state index in [0.29, 0.717) is 11.8 Å². The molecule has 1 aliphatic rings. The van der Waals surface area contributed by atoms with Crippen molar-refractivity contribution in [3.05, 3.63) is 59.7 Å². The van der Waals surface area contributed by atoms with Crippen LogP contribution in [0.5, 0.6) is 0 Å². The van der Waals surface area contributed by atoms with E-state index in [0.717, 1.165) is 0 Å². The molecule has 0 N–H and O–H groups in total. The fourth-order valence-corrected chi connectivity index (χ4v) is 10.8. The number of hydrogen-bond acceptors (Lipinski definition) is 2. The minimum absolute atomic E-state index is 0.225. The maximum atomic E-state index is 2.81. The number of nitrogens with zero attached hydrogens (tertiary/aromatic N) is 2. The first-order chi connectivity index (χ1) is 12.2. The van der Waals surface area contributed by atoms with Crippen molar-refractivity contribution in [3.63, 3.8) is 0 Å². The van der Waals surface area contributed by atoms with E-state index in [9.17, 15) is 0 Å². The van der Waals surface area contributed by atoms with Gasteiger partial charge < -0.3 is 0 Å². The van der Waals surface area contributed by atoms with Gasteiger partial charge in [-0.15, -0.1) is 0 Å². The zero-order valence-corrected chi connectivity index (χ0v) is 20.1. The van der Waals surface area contributed by atoms with Gasteiger partial charge >= 0.3 is 168 Å². The molecule has 1 heterocycles. The standard InChI is InChI=1S/C22H31GeN2P/c1-16(2)19-14-11-15-20(17(3)4)21(19)24-23-25(22(5,6)7)26(24)18-12-9-8-10-13-18/h8-17H,1-7H3/t26-/m0/s1. The summed E-state index contributed by atoms with van der Waals surface area (Å²) in [6.45, 7) is 16.4. The second-order valence-corrected chi connectivity index (χ2v) is 14.4. The Morgan fingerprint density at radius 1 is 0.808 bits per heavy atom.